The maximum absolute atomic E-state index is 12.8. The summed E-state index contributed by atoms with van der Waals surface area (Å²) in [5.41, 5.74) is 5.43. The molecule has 0 heterocycles. The molecule has 10 heteroatoms. The van der Waals surface area contributed by atoms with Crippen LogP contribution in [0.25, 0.3) is 0 Å². The van der Waals surface area contributed by atoms with Crippen LogP contribution in [0, 0.1) is 0 Å². The highest BCUT2D eigenvalue weighted by Gasteiger charge is 2.26. The summed E-state index contributed by atoms with van der Waals surface area (Å²) in [6.07, 6.45) is 104. The standard InChI is InChI=1S/C87H174NO8P/c1-3-5-7-9-11-13-15-17-19-21-23-25-27-29-31-33-35-37-39-41-43-45-47-49-51-53-55-57-59-61-63-65-67-69-71-73-75-77-79-86(89)93-83-85(84-95-97(91,92)94-82-81-88)96-87(90)80-78-76-74-72-70-68-66-64-62-60-58-56-54-52-50-48-46-44-42-40-38-36-34-32-30-28-26-24-22-20-18-16-14-12-10-8-6-4-2/h85H,3-84,88H2,1-2H3,(H,91,92). The van der Waals surface area contributed by atoms with Gasteiger partial charge in [0, 0.05) is 19.4 Å². The lowest BCUT2D eigenvalue weighted by molar-refractivity contribution is -0.161. The second kappa shape index (κ2) is 84.0. The summed E-state index contributed by atoms with van der Waals surface area (Å²) >= 11 is 0. The van der Waals surface area contributed by atoms with E-state index in [1.54, 1.807) is 0 Å². The lowest BCUT2D eigenvalue weighted by Gasteiger charge is -2.19. The quantitative estimate of drug-likeness (QED) is 0.0347. The van der Waals surface area contributed by atoms with Crippen LogP contribution in [0.4, 0.5) is 0 Å². The molecule has 0 aromatic heterocycles. The molecule has 0 aliphatic heterocycles. The highest BCUT2D eigenvalue weighted by molar-refractivity contribution is 7.47. The molecule has 2 unspecified atom stereocenters. The second-order valence-corrected chi connectivity index (χ2v) is 32.3. The Morgan fingerprint density at radius 3 is 0.629 bits per heavy atom. The summed E-state index contributed by atoms with van der Waals surface area (Å²) in [6.45, 7) is 3.87. The Morgan fingerprint density at radius 2 is 0.443 bits per heavy atom. The van der Waals surface area contributed by atoms with Gasteiger partial charge in [0.25, 0.3) is 0 Å². The zero-order valence-electron chi connectivity index (χ0n) is 65.9. The van der Waals surface area contributed by atoms with Crippen LogP contribution in [0.3, 0.4) is 0 Å². The van der Waals surface area contributed by atoms with Crippen LogP contribution in [0.1, 0.15) is 515 Å². The molecule has 0 saturated carbocycles. The number of hydrogen-bond donors (Lipinski definition) is 2. The number of hydrogen-bond acceptors (Lipinski definition) is 8. The number of carbonyl (C=O) groups excluding carboxylic acids is 2. The van der Waals surface area contributed by atoms with Gasteiger partial charge in [0.1, 0.15) is 6.61 Å². The van der Waals surface area contributed by atoms with Gasteiger partial charge in [-0.15, -0.1) is 0 Å². The predicted molar refractivity (Wildman–Crippen MR) is 423 cm³/mol. The van der Waals surface area contributed by atoms with Crippen LogP contribution in [-0.2, 0) is 32.7 Å². The monoisotopic (exact) mass is 1390 g/mol. The maximum Gasteiger partial charge on any atom is 0.472 e. The third-order valence-corrected chi connectivity index (χ3v) is 22.0. The first-order valence-electron chi connectivity index (χ1n) is 44.5. The molecule has 0 rings (SSSR count). The summed E-state index contributed by atoms with van der Waals surface area (Å²) in [7, 11) is -4.39. The average Bonchev–Trinajstić information content (AvgIpc) is 1.58. The minimum atomic E-state index is -4.39. The van der Waals surface area contributed by atoms with Crippen molar-refractivity contribution in [2.75, 3.05) is 26.4 Å². The minimum Gasteiger partial charge on any atom is -0.462 e. The van der Waals surface area contributed by atoms with Crippen LogP contribution in [-0.4, -0.2) is 49.3 Å². The lowest BCUT2D eigenvalue weighted by atomic mass is 10.0. The first-order chi connectivity index (χ1) is 47.8. The van der Waals surface area contributed by atoms with E-state index >= 15 is 0 Å². The van der Waals surface area contributed by atoms with Crippen molar-refractivity contribution >= 4 is 19.8 Å². The summed E-state index contributed by atoms with van der Waals surface area (Å²) in [4.78, 5) is 35.5. The zero-order chi connectivity index (χ0) is 70.0. The van der Waals surface area contributed by atoms with Crippen molar-refractivity contribution in [2.45, 2.75) is 521 Å². The van der Waals surface area contributed by atoms with Crippen LogP contribution in [0.5, 0.6) is 0 Å². The summed E-state index contributed by atoms with van der Waals surface area (Å²) in [5.74, 6) is -0.792. The van der Waals surface area contributed by atoms with E-state index in [1.165, 1.54) is 449 Å². The fourth-order valence-electron chi connectivity index (χ4n) is 14.4. The van der Waals surface area contributed by atoms with E-state index in [9.17, 15) is 19.0 Å². The Hall–Kier alpha value is -0.990. The van der Waals surface area contributed by atoms with Gasteiger partial charge in [0.15, 0.2) is 6.10 Å². The van der Waals surface area contributed by atoms with Crippen molar-refractivity contribution in [3.05, 3.63) is 0 Å². The molecule has 0 aliphatic rings. The molecule has 0 spiro atoms. The van der Waals surface area contributed by atoms with E-state index in [0.29, 0.717) is 12.8 Å². The number of ether oxygens (including phenoxy) is 2. The van der Waals surface area contributed by atoms with Crippen molar-refractivity contribution in [1.29, 1.82) is 0 Å². The molecule has 3 N–H and O–H groups in total. The predicted octanol–water partition coefficient (Wildman–Crippen LogP) is 30.0. The number of esters is 2. The third-order valence-electron chi connectivity index (χ3n) is 21.0. The number of phosphoric ester groups is 1. The SMILES string of the molecule is CCCCCCCCCCCCCCCCCCCCCCCCCCCCCCCCCCCCCCCCC(=O)OCC(COP(=O)(O)OCCN)OC(=O)CCCCCCCCCCCCCCCCCCCCCCCCCCCCCCCCCCCCCCCC. The van der Waals surface area contributed by atoms with E-state index in [-0.39, 0.29) is 32.1 Å². The van der Waals surface area contributed by atoms with Crippen molar-refractivity contribution in [3.63, 3.8) is 0 Å². The molecular weight excluding hydrogens is 1220 g/mol. The summed E-state index contributed by atoms with van der Waals surface area (Å²) in [5, 5.41) is 0. The first kappa shape index (κ1) is 96.0. The van der Waals surface area contributed by atoms with E-state index in [4.69, 9.17) is 24.3 Å². The van der Waals surface area contributed by atoms with Crippen molar-refractivity contribution < 1.29 is 37.6 Å². The van der Waals surface area contributed by atoms with Crippen LogP contribution >= 0.6 is 7.82 Å². The Labute approximate surface area is 607 Å². The molecule has 0 aromatic rings. The van der Waals surface area contributed by atoms with Gasteiger partial charge < -0.3 is 20.1 Å². The first-order valence-corrected chi connectivity index (χ1v) is 46.0. The number of carbonyl (C=O) groups is 2. The van der Waals surface area contributed by atoms with E-state index in [0.717, 1.165) is 32.1 Å². The zero-order valence-corrected chi connectivity index (χ0v) is 66.8. The largest absolute Gasteiger partial charge is 0.472 e. The average molecular weight is 1390 g/mol. The van der Waals surface area contributed by atoms with Crippen LogP contribution < -0.4 is 5.73 Å². The van der Waals surface area contributed by atoms with Crippen LogP contribution in [0.2, 0.25) is 0 Å². The molecule has 0 amide bonds. The van der Waals surface area contributed by atoms with Gasteiger partial charge in [-0.25, -0.2) is 4.57 Å². The molecule has 97 heavy (non-hydrogen) atoms. The van der Waals surface area contributed by atoms with Gasteiger partial charge in [-0.3, -0.25) is 18.6 Å². The molecule has 580 valence electrons. The van der Waals surface area contributed by atoms with Gasteiger partial charge in [-0.05, 0) is 12.8 Å². The van der Waals surface area contributed by atoms with Gasteiger partial charge in [-0.1, -0.05) is 489 Å². The third kappa shape index (κ3) is 83.8. The van der Waals surface area contributed by atoms with Gasteiger partial charge in [0.2, 0.25) is 0 Å². The van der Waals surface area contributed by atoms with Gasteiger partial charge in [-0.2, -0.15) is 0 Å². The molecule has 9 nitrogen and oxygen atoms in total. The Morgan fingerprint density at radius 1 is 0.268 bits per heavy atom. The number of phosphoric acid groups is 1. The molecular formula is C87H174NO8P. The molecule has 0 fully saturated rings. The van der Waals surface area contributed by atoms with E-state index in [2.05, 4.69) is 13.8 Å². The fourth-order valence-corrected chi connectivity index (χ4v) is 15.2. The normalized spacial score (nSPS) is 12.7. The molecule has 0 bridgehead atoms. The van der Waals surface area contributed by atoms with Crippen molar-refractivity contribution in [3.8, 4) is 0 Å². The van der Waals surface area contributed by atoms with Crippen molar-refractivity contribution in [1.82, 2.24) is 0 Å². The minimum absolute atomic E-state index is 0.0591. The molecule has 0 aliphatic carbocycles. The molecule has 0 aromatic carbocycles. The van der Waals surface area contributed by atoms with E-state index in [1.807, 2.05) is 0 Å². The smallest absolute Gasteiger partial charge is 0.462 e. The molecule has 2 atom stereocenters. The number of rotatable bonds is 87. The van der Waals surface area contributed by atoms with E-state index < -0.39 is 26.5 Å². The van der Waals surface area contributed by atoms with Crippen molar-refractivity contribution in [2.24, 2.45) is 5.73 Å². The highest BCUT2D eigenvalue weighted by atomic mass is 31.2. The van der Waals surface area contributed by atoms with Gasteiger partial charge in [0.05, 0.1) is 13.2 Å². The van der Waals surface area contributed by atoms with Gasteiger partial charge >= 0.3 is 19.8 Å². The maximum atomic E-state index is 12.8. The Balaban J connectivity index is 3.67. The highest BCUT2D eigenvalue weighted by Crippen LogP contribution is 2.43. The fraction of sp³-hybridized carbons (Fsp3) is 0.977. The summed E-state index contributed by atoms with van der Waals surface area (Å²) < 4.78 is 33.3. The Kier molecular flexibility index (Phi) is 83.1. The number of unbranched alkanes of at least 4 members (excludes halogenated alkanes) is 74. The topological polar surface area (TPSA) is 134 Å². The second-order valence-electron chi connectivity index (χ2n) is 30.8. The lowest BCUT2D eigenvalue weighted by Crippen LogP contribution is -2.29. The summed E-state index contributed by atoms with van der Waals surface area (Å²) in [6, 6.07) is 0. The molecule has 0 saturated heterocycles. The van der Waals surface area contributed by atoms with Crippen LogP contribution in [0.15, 0.2) is 0 Å². The Bertz CT molecular complexity index is 1550. The molecule has 0 radical (unpaired) electrons. The number of nitrogens with two attached hydrogens (primary N) is 1.